The average Bonchev–Trinajstić information content (AvgIpc) is 2.35. The molecule has 20 heavy (non-hydrogen) atoms. The number of halogens is 4. The van der Waals surface area contributed by atoms with Gasteiger partial charge in [-0.25, -0.2) is 17.6 Å². The number of hydrogen-bond donors (Lipinski definition) is 1. The fourth-order valence-corrected chi connectivity index (χ4v) is 1.58. The summed E-state index contributed by atoms with van der Waals surface area (Å²) in [6.45, 7) is 4.38. The third-order valence-corrected chi connectivity index (χ3v) is 2.63. The molecule has 0 bridgehead atoms. The summed E-state index contributed by atoms with van der Waals surface area (Å²) in [6.07, 6.45) is 0.977. The number of unbranched alkanes of at least 4 members (excludes halogenated alkanes) is 1. The monoisotopic (exact) mass is 288 g/mol. The Balaban J connectivity index is 3.39. The minimum Gasteiger partial charge on any atom is -0.378 e. The number of benzene rings is 1. The fourth-order valence-electron chi connectivity index (χ4n) is 1.58. The van der Waals surface area contributed by atoms with E-state index in [0.29, 0.717) is 12.8 Å². The van der Waals surface area contributed by atoms with Gasteiger partial charge in [0.2, 0.25) is 0 Å². The molecule has 1 nitrogen and oxygen atoms in total. The zero-order chi connectivity index (χ0) is 15.5. The van der Waals surface area contributed by atoms with Crippen LogP contribution in [0.4, 0.5) is 17.6 Å². The van der Waals surface area contributed by atoms with Crippen molar-refractivity contribution < 1.29 is 22.7 Å². The SMILES string of the molecule is CCCCc1c(F)c(F)c(C#CC(C)(C)O)c(F)c1F. The molecule has 110 valence electrons. The molecule has 1 aromatic carbocycles. The largest absolute Gasteiger partial charge is 0.378 e. The van der Waals surface area contributed by atoms with E-state index in [4.69, 9.17) is 0 Å². The van der Waals surface area contributed by atoms with Crippen molar-refractivity contribution in [2.45, 2.75) is 45.6 Å². The Morgan fingerprint density at radius 3 is 1.90 bits per heavy atom. The quantitative estimate of drug-likeness (QED) is 0.511. The molecule has 0 spiro atoms. The van der Waals surface area contributed by atoms with E-state index in [0.717, 1.165) is 0 Å². The van der Waals surface area contributed by atoms with Crippen molar-refractivity contribution in [3.63, 3.8) is 0 Å². The molecule has 0 aliphatic carbocycles. The molecule has 1 rings (SSSR count). The van der Waals surface area contributed by atoms with Gasteiger partial charge in [0.15, 0.2) is 23.3 Å². The first kappa shape index (κ1) is 16.5. The Labute approximate surface area is 115 Å². The van der Waals surface area contributed by atoms with E-state index in [1.807, 2.05) is 5.92 Å². The van der Waals surface area contributed by atoms with Gasteiger partial charge in [-0.3, -0.25) is 0 Å². The lowest BCUT2D eigenvalue weighted by Gasteiger charge is -2.10. The Kier molecular flexibility index (Phi) is 5.18. The van der Waals surface area contributed by atoms with Crippen molar-refractivity contribution in [2.24, 2.45) is 0 Å². The summed E-state index contributed by atoms with van der Waals surface area (Å²) in [7, 11) is 0. The Bertz CT molecular complexity index is 533. The van der Waals surface area contributed by atoms with Gasteiger partial charge in [-0.1, -0.05) is 25.2 Å². The zero-order valence-corrected chi connectivity index (χ0v) is 11.6. The van der Waals surface area contributed by atoms with Crippen LogP contribution in [-0.2, 0) is 6.42 Å². The molecule has 0 amide bonds. The molecule has 0 heterocycles. The van der Waals surface area contributed by atoms with Crippen LogP contribution in [0.15, 0.2) is 0 Å². The predicted octanol–water partition coefficient (Wildman–Crippen LogP) is 3.71. The molecule has 0 saturated heterocycles. The lowest BCUT2D eigenvalue weighted by Crippen LogP contribution is -2.15. The molecule has 0 radical (unpaired) electrons. The second-order valence-electron chi connectivity index (χ2n) is 5.02. The minimum absolute atomic E-state index is 0.0821. The molecular weight excluding hydrogens is 272 g/mol. The highest BCUT2D eigenvalue weighted by Gasteiger charge is 2.24. The van der Waals surface area contributed by atoms with Gasteiger partial charge in [0.05, 0.1) is 0 Å². The summed E-state index contributed by atoms with van der Waals surface area (Å²) in [5.41, 5.74) is -3.12. The molecule has 0 saturated carbocycles. The smallest absolute Gasteiger partial charge is 0.177 e. The van der Waals surface area contributed by atoms with Crippen LogP contribution in [-0.4, -0.2) is 10.7 Å². The Morgan fingerprint density at radius 2 is 1.50 bits per heavy atom. The highest BCUT2D eigenvalue weighted by molar-refractivity contribution is 5.42. The highest BCUT2D eigenvalue weighted by Crippen LogP contribution is 2.25. The second kappa shape index (κ2) is 6.27. The Morgan fingerprint density at radius 1 is 1.00 bits per heavy atom. The van der Waals surface area contributed by atoms with Gasteiger partial charge < -0.3 is 5.11 Å². The predicted molar refractivity (Wildman–Crippen MR) is 68.1 cm³/mol. The standard InChI is InChI=1S/C15H16F4O/c1-4-5-6-9-11(16)13(18)10(14(19)12(9)17)7-8-15(2,3)20/h20H,4-6H2,1-3H3. The van der Waals surface area contributed by atoms with Crippen molar-refractivity contribution in [2.75, 3.05) is 0 Å². The second-order valence-corrected chi connectivity index (χ2v) is 5.02. The lowest BCUT2D eigenvalue weighted by molar-refractivity contribution is 0.143. The third kappa shape index (κ3) is 3.73. The van der Waals surface area contributed by atoms with Crippen molar-refractivity contribution in [3.05, 3.63) is 34.4 Å². The summed E-state index contributed by atoms with van der Waals surface area (Å²) in [6, 6.07) is 0. The first-order valence-electron chi connectivity index (χ1n) is 6.29. The lowest BCUT2D eigenvalue weighted by atomic mass is 10.0. The highest BCUT2D eigenvalue weighted by atomic mass is 19.2. The molecule has 0 aromatic heterocycles. The van der Waals surface area contributed by atoms with Crippen molar-refractivity contribution in [1.82, 2.24) is 0 Å². The summed E-state index contributed by atoms with van der Waals surface area (Å²) in [5, 5.41) is 9.36. The number of aliphatic hydroxyl groups is 1. The van der Waals surface area contributed by atoms with E-state index < -0.39 is 40.0 Å². The molecule has 1 N–H and O–H groups in total. The van der Waals surface area contributed by atoms with E-state index in [1.165, 1.54) is 13.8 Å². The van der Waals surface area contributed by atoms with E-state index in [9.17, 15) is 22.7 Å². The van der Waals surface area contributed by atoms with Gasteiger partial charge >= 0.3 is 0 Å². The van der Waals surface area contributed by atoms with E-state index in [1.54, 1.807) is 6.92 Å². The van der Waals surface area contributed by atoms with Gasteiger partial charge in [-0.05, 0) is 26.7 Å². The zero-order valence-electron chi connectivity index (χ0n) is 11.6. The van der Waals surface area contributed by atoms with Crippen molar-refractivity contribution >= 4 is 0 Å². The topological polar surface area (TPSA) is 20.2 Å². The van der Waals surface area contributed by atoms with E-state index in [2.05, 4.69) is 5.92 Å². The molecule has 0 fully saturated rings. The summed E-state index contributed by atoms with van der Waals surface area (Å²) < 4.78 is 54.9. The van der Waals surface area contributed by atoms with Crippen molar-refractivity contribution in [1.29, 1.82) is 0 Å². The van der Waals surface area contributed by atoms with Crippen LogP contribution in [0.2, 0.25) is 0 Å². The van der Waals surface area contributed by atoms with Crippen LogP contribution >= 0.6 is 0 Å². The first-order valence-corrected chi connectivity index (χ1v) is 6.29. The van der Waals surface area contributed by atoms with E-state index in [-0.39, 0.29) is 6.42 Å². The third-order valence-electron chi connectivity index (χ3n) is 2.63. The van der Waals surface area contributed by atoms with Gasteiger partial charge in [0.25, 0.3) is 0 Å². The maximum atomic E-state index is 13.7. The van der Waals surface area contributed by atoms with Crippen LogP contribution in [0.5, 0.6) is 0 Å². The van der Waals surface area contributed by atoms with Crippen LogP contribution in [0, 0.1) is 35.1 Å². The summed E-state index contributed by atoms with van der Waals surface area (Å²) >= 11 is 0. The van der Waals surface area contributed by atoms with Crippen LogP contribution < -0.4 is 0 Å². The Hall–Kier alpha value is -1.54. The molecule has 0 aliphatic heterocycles. The van der Waals surface area contributed by atoms with Crippen LogP contribution in [0.3, 0.4) is 0 Å². The number of hydrogen-bond acceptors (Lipinski definition) is 1. The molecular formula is C15H16F4O. The summed E-state index contributed by atoms with van der Waals surface area (Å²) in [5.74, 6) is -1.80. The average molecular weight is 288 g/mol. The van der Waals surface area contributed by atoms with E-state index >= 15 is 0 Å². The van der Waals surface area contributed by atoms with Gasteiger partial charge in [-0.2, -0.15) is 0 Å². The molecule has 0 unspecified atom stereocenters. The maximum Gasteiger partial charge on any atom is 0.177 e. The summed E-state index contributed by atoms with van der Waals surface area (Å²) in [4.78, 5) is 0. The molecule has 1 aromatic rings. The van der Waals surface area contributed by atoms with Gasteiger partial charge in [0, 0.05) is 5.56 Å². The van der Waals surface area contributed by atoms with Crippen LogP contribution in [0.25, 0.3) is 0 Å². The minimum atomic E-state index is -1.52. The first-order chi connectivity index (χ1) is 9.19. The normalized spacial score (nSPS) is 11.2. The van der Waals surface area contributed by atoms with Gasteiger partial charge in [-0.15, -0.1) is 0 Å². The maximum absolute atomic E-state index is 13.7. The van der Waals surface area contributed by atoms with Crippen molar-refractivity contribution in [3.8, 4) is 11.8 Å². The molecule has 0 aliphatic rings. The van der Waals surface area contributed by atoms with Gasteiger partial charge in [0.1, 0.15) is 11.2 Å². The number of rotatable bonds is 3. The van der Waals surface area contributed by atoms with Crippen LogP contribution in [0.1, 0.15) is 44.7 Å². The molecule has 0 atom stereocenters. The molecule has 5 heteroatoms. The fraction of sp³-hybridized carbons (Fsp3) is 0.467.